The van der Waals surface area contributed by atoms with E-state index in [9.17, 15) is 9.18 Å². The second-order valence-electron chi connectivity index (χ2n) is 7.51. The number of hydrogen-bond donors (Lipinski definition) is 0. The smallest absolute Gasteiger partial charge is 0.266 e. The van der Waals surface area contributed by atoms with Crippen LogP contribution in [0.3, 0.4) is 0 Å². The van der Waals surface area contributed by atoms with Crippen LogP contribution >= 0.6 is 11.8 Å². The molecule has 0 N–H and O–H groups in total. The van der Waals surface area contributed by atoms with Gasteiger partial charge in [-0.1, -0.05) is 11.8 Å². The molecule has 3 aliphatic heterocycles. The quantitative estimate of drug-likeness (QED) is 0.720. The van der Waals surface area contributed by atoms with Crippen LogP contribution in [-0.2, 0) is 4.79 Å². The number of hydrogen-bond acceptors (Lipinski definition) is 6. The molecule has 29 heavy (non-hydrogen) atoms. The number of thioether (sulfide) groups is 1. The fourth-order valence-electron chi connectivity index (χ4n) is 4.25. The predicted molar refractivity (Wildman–Crippen MR) is 112 cm³/mol. The lowest BCUT2D eigenvalue weighted by atomic mass is 10.1. The minimum Gasteiger partial charge on any atom is -0.360 e. The van der Waals surface area contributed by atoms with E-state index in [1.807, 2.05) is 36.2 Å². The van der Waals surface area contributed by atoms with E-state index in [1.54, 1.807) is 17.3 Å². The topological polar surface area (TPSA) is 52.6 Å². The second-order valence-corrected chi connectivity index (χ2v) is 8.60. The number of aromatic nitrogens is 2. The van der Waals surface area contributed by atoms with Crippen molar-refractivity contribution in [3.63, 3.8) is 0 Å². The molecule has 2 aromatic rings. The molecule has 150 valence electrons. The molecule has 1 atom stereocenters. The largest absolute Gasteiger partial charge is 0.360 e. The molecule has 1 fully saturated rings. The zero-order chi connectivity index (χ0) is 20.0. The molecule has 5 rings (SSSR count). The zero-order valence-corrected chi connectivity index (χ0v) is 17.0. The van der Waals surface area contributed by atoms with E-state index in [0.717, 1.165) is 43.7 Å². The maximum Gasteiger partial charge on any atom is 0.266 e. The molecular formula is C21H22FN5OS. The van der Waals surface area contributed by atoms with Crippen molar-refractivity contribution in [3.8, 4) is 0 Å². The van der Waals surface area contributed by atoms with Gasteiger partial charge in [0, 0.05) is 62.4 Å². The van der Waals surface area contributed by atoms with Gasteiger partial charge in [-0.3, -0.25) is 9.78 Å². The van der Waals surface area contributed by atoms with Crippen molar-refractivity contribution >= 4 is 29.2 Å². The zero-order valence-electron chi connectivity index (χ0n) is 16.2. The number of anilines is 2. The van der Waals surface area contributed by atoms with Gasteiger partial charge in [0.15, 0.2) is 0 Å². The van der Waals surface area contributed by atoms with E-state index in [1.165, 1.54) is 11.8 Å². The van der Waals surface area contributed by atoms with E-state index in [4.69, 9.17) is 0 Å². The van der Waals surface area contributed by atoms with Crippen molar-refractivity contribution in [3.05, 3.63) is 58.8 Å². The van der Waals surface area contributed by atoms with E-state index >= 15 is 0 Å². The fourth-order valence-corrected chi connectivity index (χ4v) is 5.65. The van der Waals surface area contributed by atoms with Crippen molar-refractivity contribution in [2.75, 3.05) is 36.5 Å². The Balaban J connectivity index is 1.39. The first-order chi connectivity index (χ1) is 14.1. The number of halogens is 1. The Bertz CT molecular complexity index is 976. The highest BCUT2D eigenvalue weighted by Gasteiger charge is 2.40. The van der Waals surface area contributed by atoms with Crippen molar-refractivity contribution in [2.24, 2.45) is 0 Å². The molecule has 0 aromatic carbocycles. The first kappa shape index (κ1) is 18.4. The summed E-state index contributed by atoms with van der Waals surface area (Å²) in [5.74, 6) is 0.225. The monoisotopic (exact) mass is 411 g/mol. The van der Waals surface area contributed by atoms with E-state index < -0.39 is 5.95 Å². The van der Waals surface area contributed by atoms with Gasteiger partial charge in [-0.2, -0.15) is 4.39 Å². The molecule has 5 heterocycles. The van der Waals surface area contributed by atoms with Gasteiger partial charge >= 0.3 is 0 Å². The molecule has 6 nitrogen and oxygen atoms in total. The van der Waals surface area contributed by atoms with Crippen molar-refractivity contribution in [2.45, 2.75) is 24.6 Å². The molecule has 8 heteroatoms. The third-order valence-electron chi connectivity index (χ3n) is 5.81. The van der Waals surface area contributed by atoms with Crippen molar-refractivity contribution < 1.29 is 9.18 Å². The standard InChI is InChI=1S/C21H22FN5OS/c1-25-16-8-13-27(14-6-9-23-10-7-14)20(28)18(16)29-21(25)15-4-5-17(24-19(15)22)26-11-2-3-12-26/h4-7,9-10,21H,2-3,8,11-13H2,1H3. The van der Waals surface area contributed by atoms with E-state index in [0.29, 0.717) is 22.8 Å². The minimum atomic E-state index is -0.447. The molecule has 1 unspecified atom stereocenters. The van der Waals surface area contributed by atoms with Gasteiger partial charge in [0.25, 0.3) is 5.91 Å². The Kier molecular flexibility index (Phi) is 4.66. The molecule has 0 spiro atoms. The summed E-state index contributed by atoms with van der Waals surface area (Å²) in [6.07, 6.45) is 6.36. The summed E-state index contributed by atoms with van der Waals surface area (Å²) in [4.78, 5) is 28.0. The van der Waals surface area contributed by atoms with Crippen LogP contribution in [-0.4, -0.2) is 47.5 Å². The van der Waals surface area contributed by atoms with Crippen LogP contribution in [0.4, 0.5) is 15.9 Å². The average Bonchev–Trinajstić information content (AvgIpc) is 3.38. The van der Waals surface area contributed by atoms with Gasteiger partial charge in [-0.05, 0) is 37.1 Å². The lowest BCUT2D eigenvalue weighted by Gasteiger charge is -2.29. The van der Waals surface area contributed by atoms with Gasteiger partial charge in [0.05, 0.1) is 4.91 Å². The minimum absolute atomic E-state index is 0.0288. The van der Waals surface area contributed by atoms with Crippen LogP contribution in [0, 0.1) is 5.95 Å². The average molecular weight is 412 g/mol. The van der Waals surface area contributed by atoms with Crippen LogP contribution < -0.4 is 9.80 Å². The molecule has 1 saturated heterocycles. The fraction of sp³-hybridized carbons (Fsp3) is 0.381. The van der Waals surface area contributed by atoms with E-state index in [2.05, 4.69) is 14.9 Å². The number of pyridine rings is 2. The molecule has 0 saturated carbocycles. The Morgan fingerprint density at radius 1 is 1.10 bits per heavy atom. The molecule has 0 bridgehead atoms. The van der Waals surface area contributed by atoms with Gasteiger partial charge in [-0.15, -0.1) is 0 Å². The highest BCUT2D eigenvalue weighted by Crippen LogP contribution is 2.50. The third kappa shape index (κ3) is 3.15. The lowest BCUT2D eigenvalue weighted by Crippen LogP contribution is -2.37. The summed E-state index contributed by atoms with van der Waals surface area (Å²) in [5, 5.41) is -0.276. The molecule has 0 radical (unpaired) electrons. The first-order valence-electron chi connectivity index (χ1n) is 9.89. The SMILES string of the molecule is CN1C2=C(SC1c1ccc(N3CCCC3)nc1F)C(=O)N(c1ccncc1)CC2. The number of carbonyl (C=O) groups is 1. The van der Waals surface area contributed by atoms with Crippen molar-refractivity contribution in [1.29, 1.82) is 0 Å². The molecule has 2 aromatic heterocycles. The van der Waals surface area contributed by atoms with Crippen LogP contribution in [0.15, 0.2) is 47.3 Å². The number of nitrogens with zero attached hydrogens (tertiary/aromatic N) is 5. The van der Waals surface area contributed by atoms with Crippen LogP contribution in [0.2, 0.25) is 0 Å². The highest BCUT2D eigenvalue weighted by atomic mass is 32.2. The molecule has 3 aliphatic rings. The van der Waals surface area contributed by atoms with Gasteiger partial charge < -0.3 is 14.7 Å². The third-order valence-corrected chi connectivity index (χ3v) is 7.25. The normalized spacial score (nSPS) is 21.9. The summed E-state index contributed by atoms with van der Waals surface area (Å²) < 4.78 is 14.9. The summed E-state index contributed by atoms with van der Waals surface area (Å²) in [6, 6.07) is 7.41. The van der Waals surface area contributed by atoms with Gasteiger partial charge in [0.2, 0.25) is 5.95 Å². The second kappa shape index (κ2) is 7.33. The lowest BCUT2D eigenvalue weighted by molar-refractivity contribution is -0.114. The van der Waals surface area contributed by atoms with Gasteiger partial charge in [0.1, 0.15) is 11.2 Å². The van der Waals surface area contributed by atoms with Gasteiger partial charge in [-0.25, -0.2) is 4.98 Å². The van der Waals surface area contributed by atoms with Crippen LogP contribution in [0.5, 0.6) is 0 Å². The summed E-state index contributed by atoms with van der Waals surface area (Å²) in [6.45, 7) is 2.46. The van der Waals surface area contributed by atoms with Crippen LogP contribution in [0.25, 0.3) is 0 Å². The summed E-state index contributed by atoms with van der Waals surface area (Å²) in [7, 11) is 1.93. The van der Waals surface area contributed by atoms with Crippen LogP contribution in [0.1, 0.15) is 30.2 Å². The number of rotatable bonds is 3. The Morgan fingerprint density at radius 3 is 2.59 bits per heavy atom. The summed E-state index contributed by atoms with van der Waals surface area (Å²) >= 11 is 1.42. The molecule has 0 aliphatic carbocycles. The summed E-state index contributed by atoms with van der Waals surface area (Å²) in [5.41, 5.74) is 2.35. The Morgan fingerprint density at radius 2 is 1.86 bits per heavy atom. The number of amides is 1. The van der Waals surface area contributed by atoms with E-state index in [-0.39, 0.29) is 11.3 Å². The number of carbonyl (C=O) groups excluding carboxylic acids is 1. The first-order valence-corrected chi connectivity index (χ1v) is 10.8. The highest BCUT2D eigenvalue weighted by molar-refractivity contribution is 8.04. The Hall–Kier alpha value is -2.61. The maximum absolute atomic E-state index is 14.9. The Labute approximate surface area is 173 Å². The molecular weight excluding hydrogens is 389 g/mol. The predicted octanol–water partition coefficient (Wildman–Crippen LogP) is 3.54. The maximum atomic E-state index is 14.9. The van der Waals surface area contributed by atoms with Crippen molar-refractivity contribution in [1.82, 2.24) is 14.9 Å². The molecule has 1 amide bonds.